The molecule has 0 fully saturated rings. The molecule has 2 aromatic rings. The maximum atomic E-state index is 13.6. The predicted octanol–water partition coefficient (Wildman–Crippen LogP) is 4.38. The van der Waals surface area contributed by atoms with Crippen LogP contribution in [0.3, 0.4) is 0 Å². The van der Waals surface area contributed by atoms with E-state index in [4.69, 9.17) is 38.0 Å². The van der Waals surface area contributed by atoms with E-state index in [0.29, 0.717) is 39.1 Å². The number of anilines is 1. The molecular weight excluding hydrogens is 431 g/mol. The van der Waals surface area contributed by atoms with Gasteiger partial charge in [0.25, 0.3) is 0 Å². The van der Waals surface area contributed by atoms with E-state index in [1.807, 2.05) is 6.07 Å². The number of halogens is 2. The number of nitrogens with zero attached hydrogens (tertiary/aromatic N) is 1. The normalized spacial score (nSPS) is 16.3. The molecule has 0 saturated carbocycles. The van der Waals surface area contributed by atoms with Gasteiger partial charge >= 0.3 is 5.97 Å². The van der Waals surface area contributed by atoms with Gasteiger partial charge < -0.3 is 19.5 Å². The lowest BCUT2D eigenvalue weighted by Gasteiger charge is -2.37. The number of para-hydroxylation sites is 1. The van der Waals surface area contributed by atoms with Gasteiger partial charge in [-0.1, -0.05) is 23.7 Å². The first-order valence-corrected chi connectivity index (χ1v) is 9.68. The van der Waals surface area contributed by atoms with Crippen LogP contribution >= 0.6 is 23.8 Å². The molecule has 0 spiro atoms. The minimum atomic E-state index is -0.651. The molecule has 1 aliphatic heterocycles. The highest BCUT2D eigenvalue weighted by Crippen LogP contribution is 2.41. The summed E-state index contributed by atoms with van der Waals surface area (Å²) >= 11 is 11.5. The topological polar surface area (TPSA) is 60.0 Å². The largest absolute Gasteiger partial charge is 0.493 e. The van der Waals surface area contributed by atoms with Crippen LogP contribution in [0.1, 0.15) is 18.5 Å². The Morgan fingerprint density at radius 1 is 1.20 bits per heavy atom. The number of allylic oxidation sites excluding steroid dienone is 1. The summed E-state index contributed by atoms with van der Waals surface area (Å²) in [5.41, 5.74) is 1.99. The Bertz CT molecular complexity index is 1040. The summed E-state index contributed by atoms with van der Waals surface area (Å²) in [6, 6.07) is 8.91. The standard InChI is InChI=1S/C21H20ClFN2O4S/c1-11-17(20(26)29-4)18(13-6-5-7-16(27-2)19(13)28-3)24-21(30)25(11)12-8-9-15(23)14(22)10-12/h5-10,18H,1-4H3,(H,24,30). The average molecular weight is 451 g/mol. The number of methoxy groups -OCH3 is 3. The van der Waals surface area contributed by atoms with Crippen LogP contribution in [0.15, 0.2) is 47.7 Å². The molecular formula is C21H20ClFN2O4S. The van der Waals surface area contributed by atoms with Crippen molar-refractivity contribution in [2.45, 2.75) is 13.0 Å². The van der Waals surface area contributed by atoms with Crippen molar-refractivity contribution in [3.8, 4) is 11.5 Å². The molecule has 1 heterocycles. The maximum Gasteiger partial charge on any atom is 0.337 e. The number of carbonyl (C=O) groups is 1. The van der Waals surface area contributed by atoms with E-state index in [1.165, 1.54) is 39.5 Å². The van der Waals surface area contributed by atoms with Gasteiger partial charge in [-0.15, -0.1) is 0 Å². The molecule has 0 radical (unpaired) electrons. The Labute approximate surface area is 184 Å². The summed E-state index contributed by atoms with van der Waals surface area (Å²) in [6.07, 6.45) is 0. The van der Waals surface area contributed by atoms with Crippen LogP contribution < -0.4 is 19.7 Å². The number of esters is 1. The predicted molar refractivity (Wildman–Crippen MR) is 117 cm³/mol. The molecule has 0 saturated heterocycles. The summed E-state index contributed by atoms with van der Waals surface area (Å²) in [7, 11) is 4.35. The van der Waals surface area contributed by atoms with Crippen LogP contribution in [0.2, 0.25) is 5.02 Å². The molecule has 6 nitrogen and oxygen atoms in total. The summed E-state index contributed by atoms with van der Waals surface area (Å²) in [5.74, 6) is -0.120. The van der Waals surface area contributed by atoms with Crippen molar-refractivity contribution >= 4 is 40.6 Å². The van der Waals surface area contributed by atoms with Crippen LogP contribution in [-0.4, -0.2) is 32.4 Å². The van der Waals surface area contributed by atoms with Crippen LogP contribution in [0, 0.1) is 5.82 Å². The average Bonchev–Trinajstić information content (AvgIpc) is 2.74. The lowest BCUT2D eigenvalue weighted by atomic mass is 9.93. The number of benzene rings is 2. The highest BCUT2D eigenvalue weighted by Gasteiger charge is 2.37. The first-order chi connectivity index (χ1) is 14.3. The molecule has 1 atom stereocenters. The van der Waals surface area contributed by atoms with Gasteiger partial charge in [0.1, 0.15) is 5.82 Å². The van der Waals surface area contributed by atoms with Crippen LogP contribution in [0.5, 0.6) is 11.5 Å². The minimum absolute atomic E-state index is 0.0562. The van der Waals surface area contributed by atoms with E-state index in [-0.39, 0.29) is 5.02 Å². The molecule has 1 N–H and O–H groups in total. The minimum Gasteiger partial charge on any atom is -0.493 e. The van der Waals surface area contributed by atoms with E-state index in [9.17, 15) is 9.18 Å². The van der Waals surface area contributed by atoms with Crippen molar-refractivity contribution in [2.75, 3.05) is 26.2 Å². The summed E-state index contributed by atoms with van der Waals surface area (Å²) in [6.45, 7) is 1.73. The zero-order valence-electron chi connectivity index (χ0n) is 16.8. The van der Waals surface area contributed by atoms with Crippen LogP contribution in [-0.2, 0) is 9.53 Å². The van der Waals surface area contributed by atoms with Gasteiger partial charge in [0, 0.05) is 16.9 Å². The third-order valence-corrected chi connectivity index (χ3v) is 5.39. The molecule has 9 heteroatoms. The zero-order chi connectivity index (χ0) is 22.0. The van der Waals surface area contributed by atoms with Crippen molar-refractivity contribution in [1.29, 1.82) is 0 Å². The first kappa shape index (κ1) is 21.9. The van der Waals surface area contributed by atoms with Crippen LogP contribution in [0.25, 0.3) is 0 Å². The van der Waals surface area contributed by atoms with Gasteiger partial charge in [0.2, 0.25) is 0 Å². The Balaban J connectivity index is 2.20. The van der Waals surface area contributed by atoms with Gasteiger partial charge in [-0.05, 0) is 43.4 Å². The highest BCUT2D eigenvalue weighted by molar-refractivity contribution is 7.80. The summed E-state index contributed by atoms with van der Waals surface area (Å²) < 4.78 is 29.6. The fraction of sp³-hybridized carbons (Fsp3) is 0.238. The number of ether oxygens (including phenoxy) is 3. The second-order valence-electron chi connectivity index (χ2n) is 6.39. The van der Waals surface area contributed by atoms with Crippen molar-refractivity contribution in [1.82, 2.24) is 5.32 Å². The molecule has 3 rings (SSSR count). The van der Waals surface area contributed by atoms with E-state index in [2.05, 4.69) is 5.32 Å². The number of nitrogens with one attached hydrogen (secondary N) is 1. The monoisotopic (exact) mass is 450 g/mol. The van der Waals surface area contributed by atoms with Gasteiger partial charge in [0.05, 0.1) is 38.0 Å². The van der Waals surface area contributed by atoms with E-state index < -0.39 is 17.8 Å². The second kappa shape index (κ2) is 8.89. The highest BCUT2D eigenvalue weighted by atomic mass is 35.5. The van der Waals surface area contributed by atoms with Gasteiger partial charge in [0.15, 0.2) is 16.6 Å². The fourth-order valence-electron chi connectivity index (χ4n) is 3.42. The number of carbonyl (C=O) groups excluding carboxylic acids is 1. The second-order valence-corrected chi connectivity index (χ2v) is 7.18. The molecule has 0 aliphatic carbocycles. The molecule has 158 valence electrons. The van der Waals surface area contributed by atoms with Crippen molar-refractivity contribution in [3.63, 3.8) is 0 Å². The Morgan fingerprint density at radius 2 is 1.93 bits per heavy atom. The number of hydrogen-bond donors (Lipinski definition) is 1. The quantitative estimate of drug-likeness (QED) is 0.535. The SMILES string of the molecule is COC(=O)C1=C(C)N(c2ccc(F)c(Cl)c2)C(=S)NC1c1cccc(OC)c1OC. The third kappa shape index (κ3) is 3.80. The molecule has 0 bridgehead atoms. The summed E-state index contributed by atoms with van der Waals surface area (Å²) in [4.78, 5) is 14.4. The van der Waals surface area contributed by atoms with Gasteiger partial charge in [-0.2, -0.15) is 0 Å². The molecule has 1 aliphatic rings. The molecule has 2 aromatic carbocycles. The first-order valence-electron chi connectivity index (χ1n) is 8.89. The van der Waals surface area contributed by atoms with E-state index in [0.717, 1.165) is 0 Å². The smallest absolute Gasteiger partial charge is 0.337 e. The van der Waals surface area contributed by atoms with Crippen molar-refractivity contribution in [2.24, 2.45) is 0 Å². The third-order valence-electron chi connectivity index (χ3n) is 4.80. The maximum absolute atomic E-state index is 13.6. The summed E-state index contributed by atoms with van der Waals surface area (Å²) in [5, 5.41) is 3.41. The van der Waals surface area contributed by atoms with Gasteiger partial charge in [-0.25, -0.2) is 9.18 Å². The number of thiocarbonyl (C=S) groups is 1. The number of rotatable bonds is 5. The fourth-order valence-corrected chi connectivity index (χ4v) is 3.96. The Kier molecular flexibility index (Phi) is 6.48. The molecule has 1 unspecified atom stereocenters. The van der Waals surface area contributed by atoms with Gasteiger partial charge in [-0.3, -0.25) is 4.90 Å². The Morgan fingerprint density at radius 3 is 2.53 bits per heavy atom. The van der Waals surface area contributed by atoms with Crippen molar-refractivity contribution < 1.29 is 23.4 Å². The lowest BCUT2D eigenvalue weighted by molar-refractivity contribution is -0.136. The molecule has 0 aromatic heterocycles. The van der Waals surface area contributed by atoms with E-state index >= 15 is 0 Å². The number of hydrogen-bond acceptors (Lipinski definition) is 5. The van der Waals surface area contributed by atoms with Crippen molar-refractivity contribution in [3.05, 3.63) is 64.1 Å². The zero-order valence-corrected chi connectivity index (χ0v) is 18.4. The molecule has 0 amide bonds. The Hall–Kier alpha value is -2.84. The van der Waals surface area contributed by atoms with E-state index in [1.54, 1.807) is 24.0 Å². The lowest BCUT2D eigenvalue weighted by Crippen LogP contribution is -2.48. The molecule has 30 heavy (non-hydrogen) atoms. The van der Waals surface area contributed by atoms with Crippen LogP contribution in [0.4, 0.5) is 10.1 Å².